The first-order valence-corrected chi connectivity index (χ1v) is 10.6. The molecule has 0 radical (unpaired) electrons. The van der Waals surface area contributed by atoms with Crippen LogP contribution >= 0.6 is 0 Å². The van der Waals surface area contributed by atoms with Gasteiger partial charge in [0.1, 0.15) is 11.5 Å². The number of aryl methyl sites for hydroxylation is 2. The highest BCUT2D eigenvalue weighted by Gasteiger charge is 2.22. The van der Waals surface area contributed by atoms with Gasteiger partial charge in [-0.3, -0.25) is 9.58 Å². The monoisotopic (exact) mass is 392 g/mol. The van der Waals surface area contributed by atoms with E-state index in [0.717, 1.165) is 55.9 Å². The minimum atomic E-state index is 0.756. The van der Waals surface area contributed by atoms with Crippen LogP contribution in [0.3, 0.4) is 0 Å². The van der Waals surface area contributed by atoms with Crippen LogP contribution in [-0.4, -0.2) is 46.3 Å². The van der Waals surface area contributed by atoms with Gasteiger partial charge in [-0.15, -0.1) is 0 Å². The van der Waals surface area contributed by atoms with Gasteiger partial charge in [0, 0.05) is 37.5 Å². The number of rotatable bonds is 7. The van der Waals surface area contributed by atoms with Crippen LogP contribution in [0.4, 0.5) is 0 Å². The second kappa shape index (κ2) is 8.97. The summed E-state index contributed by atoms with van der Waals surface area (Å²) in [5.41, 5.74) is 3.59. The Morgan fingerprint density at radius 3 is 2.55 bits per heavy atom. The number of piperidine rings is 1. The molecule has 1 aliphatic rings. The number of furan rings is 1. The maximum Gasteiger partial charge on any atom is 0.118 e. The van der Waals surface area contributed by atoms with Crippen LogP contribution in [0, 0.1) is 12.8 Å². The molecule has 0 aliphatic carbocycles. The standard InChI is InChI=1S/C24H32N4O/c1-19-9-10-23(29-19)18-28-13-11-20(12-14-28)15-26(2)16-22-17-27(3)25-24(22)21-7-5-4-6-8-21/h4-10,17,20H,11-16,18H2,1-3H3. The lowest BCUT2D eigenvalue weighted by Gasteiger charge is -2.33. The van der Waals surface area contributed by atoms with Gasteiger partial charge in [0.25, 0.3) is 0 Å². The van der Waals surface area contributed by atoms with Gasteiger partial charge in [0.15, 0.2) is 0 Å². The zero-order valence-electron chi connectivity index (χ0n) is 17.8. The highest BCUT2D eigenvalue weighted by atomic mass is 16.3. The molecule has 0 unspecified atom stereocenters. The van der Waals surface area contributed by atoms with Crippen molar-refractivity contribution >= 4 is 0 Å². The third kappa shape index (κ3) is 5.17. The van der Waals surface area contributed by atoms with Crippen molar-refractivity contribution in [2.45, 2.75) is 32.9 Å². The Labute approximate surface area is 173 Å². The van der Waals surface area contributed by atoms with Gasteiger partial charge < -0.3 is 9.32 Å². The Hall–Kier alpha value is -2.37. The van der Waals surface area contributed by atoms with Crippen molar-refractivity contribution in [1.29, 1.82) is 0 Å². The number of nitrogens with zero attached hydrogens (tertiary/aromatic N) is 4. The largest absolute Gasteiger partial charge is 0.465 e. The minimum absolute atomic E-state index is 0.756. The van der Waals surface area contributed by atoms with Gasteiger partial charge in [0.2, 0.25) is 0 Å². The van der Waals surface area contributed by atoms with E-state index in [2.05, 4.69) is 65.5 Å². The van der Waals surface area contributed by atoms with E-state index < -0.39 is 0 Å². The second-order valence-electron chi connectivity index (χ2n) is 8.47. The number of hydrogen-bond acceptors (Lipinski definition) is 4. The van der Waals surface area contributed by atoms with Gasteiger partial charge in [-0.25, -0.2) is 0 Å². The minimum Gasteiger partial charge on any atom is -0.465 e. The van der Waals surface area contributed by atoms with E-state index in [-0.39, 0.29) is 0 Å². The molecule has 1 aromatic carbocycles. The molecule has 5 nitrogen and oxygen atoms in total. The molecular weight excluding hydrogens is 360 g/mol. The zero-order valence-corrected chi connectivity index (χ0v) is 17.8. The molecule has 0 atom stereocenters. The Bertz CT molecular complexity index is 906. The summed E-state index contributed by atoms with van der Waals surface area (Å²) in [6.45, 7) is 7.32. The van der Waals surface area contributed by atoms with Gasteiger partial charge in [-0.2, -0.15) is 5.10 Å². The molecule has 3 aromatic rings. The fourth-order valence-corrected chi connectivity index (χ4v) is 4.41. The van der Waals surface area contributed by atoms with Crippen LogP contribution in [0.25, 0.3) is 11.3 Å². The van der Waals surface area contributed by atoms with Crippen molar-refractivity contribution in [2.24, 2.45) is 13.0 Å². The van der Waals surface area contributed by atoms with E-state index in [0.29, 0.717) is 0 Å². The third-order valence-electron chi connectivity index (χ3n) is 5.84. The van der Waals surface area contributed by atoms with Crippen molar-refractivity contribution in [2.75, 3.05) is 26.7 Å². The van der Waals surface area contributed by atoms with E-state index in [1.54, 1.807) is 0 Å². The SMILES string of the molecule is Cc1ccc(CN2CCC(CN(C)Cc3cn(C)nc3-c3ccccc3)CC2)o1. The lowest BCUT2D eigenvalue weighted by atomic mass is 9.96. The first-order valence-electron chi connectivity index (χ1n) is 10.6. The van der Waals surface area contributed by atoms with Gasteiger partial charge >= 0.3 is 0 Å². The van der Waals surface area contributed by atoms with Crippen LogP contribution in [0.2, 0.25) is 0 Å². The number of likely N-dealkylation sites (tertiary alicyclic amines) is 1. The number of hydrogen-bond donors (Lipinski definition) is 0. The molecule has 0 amide bonds. The first-order chi connectivity index (χ1) is 14.1. The summed E-state index contributed by atoms with van der Waals surface area (Å²) in [4.78, 5) is 4.98. The van der Waals surface area contributed by atoms with Crippen LogP contribution in [-0.2, 0) is 20.1 Å². The highest BCUT2D eigenvalue weighted by molar-refractivity contribution is 5.62. The molecule has 2 aromatic heterocycles. The van der Waals surface area contributed by atoms with Crippen molar-refractivity contribution < 1.29 is 4.42 Å². The normalized spacial score (nSPS) is 16.0. The molecule has 0 bridgehead atoms. The average molecular weight is 393 g/mol. The molecule has 1 fully saturated rings. The van der Waals surface area contributed by atoms with E-state index in [1.165, 1.54) is 24.0 Å². The summed E-state index contributed by atoms with van der Waals surface area (Å²) in [5.74, 6) is 2.84. The smallest absolute Gasteiger partial charge is 0.118 e. The van der Waals surface area contributed by atoms with Gasteiger partial charge in [0.05, 0.1) is 12.2 Å². The lowest BCUT2D eigenvalue weighted by Crippen LogP contribution is -2.37. The number of benzene rings is 1. The Morgan fingerprint density at radius 2 is 1.86 bits per heavy atom. The Balaban J connectivity index is 1.29. The summed E-state index contributed by atoms with van der Waals surface area (Å²) >= 11 is 0. The third-order valence-corrected chi connectivity index (χ3v) is 5.84. The van der Waals surface area contributed by atoms with Crippen LogP contribution < -0.4 is 0 Å². The second-order valence-corrected chi connectivity index (χ2v) is 8.47. The predicted octanol–water partition coefficient (Wildman–Crippen LogP) is 4.33. The molecule has 0 spiro atoms. The topological polar surface area (TPSA) is 37.4 Å². The summed E-state index contributed by atoms with van der Waals surface area (Å²) in [6.07, 6.45) is 4.66. The first kappa shape index (κ1) is 19.9. The lowest BCUT2D eigenvalue weighted by molar-refractivity contribution is 0.140. The molecule has 29 heavy (non-hydrogen) atoms. The fraction of sp³-hybridized carbons (Fsp3) is 0.458. The summed E-state index contributed by atoms with van der Waals surface area (Å²) in [5, 5.41) is 4.71. The molecule has 1 aliphatic heterocycles. The van der Waals surface area contributed by atoms with Crippen LogP contribution in [0.5, 0.6) is 0 Å². The quantitative estimate of drug-likeness (QED) is 0.600. The predicted molar refractivity (Wildman–Crippen MR) is 116 cm³/mol. The van der Waals surface area contributed by atoms with Crippen molar-refractivity contribution in [1.82, 2.24) is 19.6 Å². The average Bonchev–Trinajstić information content (AvgIpc) is 3.29. The molecule has 0 N–H and O–H groups in total. The van der Waals surface area contributed by atoms with E-state index >= 15 is 0 Å². The zero-order chi connectivity index (χ0) is 20.2. The van der Waals surface area contributed by atoms with Crippen molar-refractivity contribution in [3.8, 4) is 11.3 Å². The summed E-state index contributed by atoms with van der Waals surface area (Å²) in [6, 6.07) is 14.7. The van der Waals surface area contributed by atoms with Gasteiger partial charge in [-0.1, -0.05) is 30.3 Å². The van der Waals surface area contributed by atoms with Crippen LogP contribution in [0.15, 0.2) is 53.1 Å². The van der Waals surface area contributed by atoms with E-state index in [4.69, 9.17) is 9.52 Å². The fourth-order valence-electron chi connectivity index (χ4n) is 4.41. The Kier molecular flexibility index (Phi) is 6.16. The maximum atomic E-state index is 5.74. The molecule has 154 valence electrons. The molecule has 0 saturated carbocycles. The molecule has 4 rings (SSSR count). The summed E-state index contributed by atoms with van der Waals surface area (Å²) in [7, 11) is 4.24. The van der Waals surface area contributed by atoms with E-state index in [9.17, 15) is 0 Å². The molecule has 5 heteroatoms. The molecular formula is C24H32N4O. The highest BCUT2D eigenvalue weighted by Crippen LogP contribution is 2.24. The summed E-state index contributed by atoms with van der Waals surface area (Å²) < 4.78 is 7.67. The van der Waals surface area contributed by atoms with E-state index in [1.807, 2.05) is 18.7 Å². The maximum absolute atomic E-state index is 5.74. The van der Waals surface area contributed by atoms with Crippen molar-refractivity contribution in [3.05, 3.63) is 65.7 Å². The molecule has 3 heterocycles. The van der Waals surface area contributed by atoms with Crippen LogP contribution in [0.1, 0.15) is 29.9 Å². The molecule has 1 saturated heterocycles. The Morgan fingerprint density at radius 1 is 1.10 bits per heavy atom. The van der Waals surface area contributed by atoms with Crippen molar-refractivity contribution in [3.63, 3.8) is 0 Å². The number of aromatic nitrogens is 2. The van der Waals surface area contributed by atoms with Gasteiger partial charge in [-0.05, 0) is 58.0 Å².